The smallest absolute Gasteiger partial charge is 0.146 e. The first-order valence-electron chi connectivity index (χ1n) is 5.51. The van der Waals surface area contributed by atoms with Gasteiger partial charge >= 0.3 is 0 Å². The van der Waals surface area contributed by atoms with E-state index in [0.29, 0.717) is 12.2 Å². The minimum absolute atomic E-state index is 0.176. The van der Waals surface area contributed by atoms with Crippen LogP contribution >= 0.6 is 0 Å². The molecule has 2 nitrogen and oxygen atoms in total. The second-order valence-corrected chi connectivity index (χ2v) is 3.79. The molecule has 1 atom stereocenters. The van der Waals surface area contributed by atoms with E-state index in [2.05, 4.69) is 6.58 Å². The lowest BCUT2D eigenvalue weighted by molar-refractivity contribution is 0.615. The summed E-state index contributed by atoms with van der Waals surface area (Å²) in [6.07, 6.45) is 1.76. The number of hydrogen-bond donors (Lipinski definition) is 1. The molecule has 0 saturated heterocycles. The van der Waals surface area contributed by atoms with Gasteiger partial charge in [0.2, 0.25) is 0 Å². The van der Waals surface area contributed by atoms with Gasteiger partial charge in [-0.15, -0.1) is 6.58 Å². The summed E-state index contributed by atoms with van der Waals surface area (Å²) >= 11 is 0. The van der Waals surface area contributed by atoms with Gasteiger partial charge in [-0.1, -0.05) is 18.2 Å². The zero-order valence-electron chi connectivity index (χ0n) is 9.91. The second-order valence-electron chi connectivity index (χ2n) is 3.79. The molecular formula is C13H19FN2. The van der Waals surface area contributed by atoms with Gasteiger partial charge < -0.3 is 10.6 Å². The maximum absolute atomic E-state index is 13.8. The highest BCUT2D eigenvalue weighted by Gasteiger charge is 2.15. The average Bonchev–Trinajstić information content (AvgIpc) is 2.26. The first kappa shape index (κ1) is 12.7. The molecule has 0 saturated carbocycles. The highest BCUT2D eigenvalue weighted by atomic mass is 19.1. The lowest BCUT2D eigenvalue weighted by Crippen LogP contribution is -2.26. The molecule has 0 heterocycles. The zero-order chi connectivity index (χ0) is 12.1. The van der Waals surface area contributed by atoms with E-state index in [1.54, 1.807) is 12.1 Å². The summed E-state index contributed by atoms with van der Waals surface area (Å²) in [5.74, 6) is -0.224. The molecule has 88 valence electrons. The standard InChI is InChI=1S/C13H19FN2/c1-4-9-16(5-2)13-11(10(3)15)7-6-8-12(13)14/h4,6-8,10H,1,5,9,15H2,2-3H3/t10-/m1/s1. The summed E-state index contributed by atoms with van der Waals surface area (Å²) in [4.78, 5) is 1.93. The Bertz CT molecular complexity index is 361. The Labute approximate surface area is 96.6 Å². The fourth-order valence-corrected chi connectivity index (χ4v) is 1.77. The molecule has 0 amide bonds. The van der Waals surface area contributed by atoms with Gasteiger partial charge in [0.25, 0.3) is 0 Å². The van der Waals surface area contributed by atoms with E-state index in [1.165, 1.54) is 6.07 Å². The van der Waals surface area contributed by atoms with Gasteiger partial charge in [0, 0.05) is 19.1 Å². The molecule has 0 spiro atoms. The molecule has 0 aromatic heterocycles. The van der Waals surface area contributed by atoms with Crippen molar-refractivity contribution in [2.45, 2.75) is 19.9 Å². The van der Waals surface area contributed by atoms with Crippen LogP contribution in [0.3, 0.4) is 0 Å². The van der Waals surface area contributed by atoms with Crippen LogP contribution in [0, 0.1) is 5.82 Å². The Balaban J connectivity index is 3.22. The third-order valence-corrected chi connectivity index (χ3v) is 2.56. The number of hydrogen-bond acceptors (Lipinski definition) is 2. The Hall–Kier alpha value is -1.35. The largest absolute Gasteiger partial charge is 0.365 e. The number of nitrogens with zero attached hydrogens (tertiary/aromatic N) is 1. The highest BCUT2D eigenvalue weighted by molar-refractivity contribution is 5.56. The van der Waals surface area contributed by atoms with Crippen LogP contribution in [0.5, 0.6) is 0 Å². The van der Waals surface area contributed by atoms with E-state index in [1.807, 2.05) is 24.8 Å². The topological polar surface area (TPSA) is 29.3 Å². The number of para-hydroxylation sites is 1. The summed E-state index contributed by atoms with van der Waals surface area (Å²) < 4.78 is 13.8. The molecule has 1 rings (SSSR count). The van der Waals surface area contributed by atoms with E-state index < -0.39 is 0 Å². The van der Waals surface area contributed by atoms with Crippen molar-refractivity contribution in [3.63, 3.8) is 0 Å². The number of anilines is 1. The Morgan fingerprint density at radius 2 is 2.25 bits per heavy atom. The average molecular weight is 222 g/mol. The van der Waals surface area contributed by atoms with Crippen LogP contribution in [0.15, 0.2) is 30.9 Å². The third-order valence-electron chi connectivity index (χ3n) is 2.56. The normalized spacial score (nSPS) is 12.2. The Kier molecular flexibility index (Phi) is 4.50. The summed E-state index contributed by atoms with van der Waals surface area (Å²) in [6.45, 7) is 8.88. The maximum atomic E-state index is 13.8. The molecule has 2 N–H and O–H groups in total. The molecule has 0 aliphatic heterocycles. The van der Waals surface area contributed by atoms with Gasteiger partial charge in [-0.25, -0.2) is 4.39 Å². The first-order chi connectivity index (χ1) is 7.61. The van der Waals surface area contributed by atoms with Gasteiger partial charge in [0.05, 0.1) is 5.69 Å². The molecule has 1 aromatic rings. The summed E-state index contributed by atoms with van der Waals surface area (Å²) in [6, 6.07) is 4.85. The van der Waals surface area contributed by atoms with E-state index in [-0.39, 0.29) is 11.9 Å². The summed E-state index contributed by atoms with van der Waals surface area (Å²) in [5.41, 5.74) is 7.29. The van der Waals surface area contributed by atoms with Crippen LogP contribution < -0.4 is 10.6 Å². The lowest BCUT2D eigenvalue weighted by atomic mass is 10.1. The van der Waals surface area contributed by atoms with E-state index in [9.17, 15) is 4.39 Å². The highest BCUT2D eigenvalue weighted by Crippen LogP contribution is 2.28. The minimum atomic E-state index is -0.224. The van der Waals surface area contributed by atoms with Gasteiger partial charge in [0.1, 0.15) is 5.82 Å². The van der Waals surface area contributed by atoms with Crippen LogP contribution in [0.4, 0.5) is 10.1 Å². The van der Waals surface area contributed by atoms with Crippen molar-refractivity contribution in [3.05, 3.63) is 42.2 Å². The molecule has 0 unspecified atom stereocenters. The monoisotopic (exact) mass is 222 g/mol. The van der Waals surface area contributed by atoms with Gasteiger partial charge in [0.15, 0.2) is 0 Å². The molecule has 0 aliphatic carbocycles. The van der Waals surface area contributed by atoms with Gasteiger partial charge in [-0.2, -0.15) is 0 Å². The van der Waals surface area contributed by atoms with Gasteiger partial charge in [-0.3, -0.25) is 0 Å². The number of rotatable bonds is 5. The zero-order valence-corrected chi connectivity index (χ0v) is 9.91. The predicted octanol–water partition coefficient (Wildman–Crippen LogP) is 2.86. The van der Waals surface area contributed by atoms with E-state index >= 15 is 0 Å². The predicted molar refractivity (Wildman–Crippen MR) is 67.1 cm³/mol. The van der Waals surface area contributed by atoms with Crippen LogP contribution in [0.25, 0.3) is 0 Å². The van der Waals surface area contributed by atoms with Crippen LogP contribution in [0.1, 0.15) is 25.5 Å². The number of nitrogens with two attached hydrogens (primary N) is 1. The molecular weight excluding hydrogens is 203 g/mol. The SMILES string of the molecule is C=CCN(CC)c1c(F)cccc1[C@@H](C)N. The minimum Gasteiger partial charge on any atom is -0.365 e. The molecule has 16 heavy (non-hydrogen) atoms. The van der Waals surface area contributed by atoms with Crippen molar-refractivity contribution >= 4 is 5.69 Å². The molecule has 0 radical (unpaired) electrons. The first-order valence-corrected chi connectivity index (χ1v) is 5.51. The van der Waals surface area contributed by atoms with Crippen molar-refractivity contribution in [1.82, 2.24) is 0 Å². The Morgan fingerprint density at radius 3 is 2.75 bits per heavy atom. The van der Waals surface area contributed by atoms with E-state index in [0.717, 1.165) is 12.1 Å². The summed E-state index contributed by atoms with van der Waals surface area (Å²) in [5, 5.41) is 0. The molecule has 0 bridgehead atoms. The number of benzene rings is 1. The molecule has 0 aliphatic rings. The molecule has 1 aromatic carbocycles. The molecule has 0 fully saturated rings. The third kappa shape index (κ3) is 2.61. The second kappa shape index (κ2) is 5.66. The fourth-order valence-electron chi connectivity index (χ4n) is 1.77. The number of halogens is 1. The van der Waals surface area contributed by atoms with Crippen LogP contribution in [-0.4, -0.2) is 13.1 Å². The summed E-state index contributed by atoms with van der Waals surface area (Å²) in [7, 11) is 0. The van der Waals surface area contributed by atoms with Crippen LogP contribution in [-0.2, 0) is 0 Å². The molecule has 3 heteroatoms. The van der Waals surface area contributed by atoms with Crippen molar-refractivity contribution in [3.8, 4) is 0 Å². The number of likely N-dealkylation sites (N-methyl/N-ethyl adjacent to an activating group) is 1. The van der Waals surface area contributed by atoms with Crippen molar-refractivity contribution in [1.29, 1.82) is 0 Å². The van der Waals surface area contributed by atoms with Crippen molar-refractivity contribution < 1.29 is 4.39 Å². The quantitative estimate of drug-likeness (QED) is 0.776. The van der Waals surface area contributed by atoms with E-state index in [4.69, 9.17) is 5.73 Å². The lowest BCUT2D eigenvalue weighted by Gasteiger charge is -2.26. The fraction of sp³-hybridized carbons (Fsp3) is 0.385. The maximum Gasteiger partial charge on any atom is 0.146 e. The van der Waals surface area contributed by atoms with Crippen molar-refractivity contribution in [2.24, 2.45) is 5.73 Å². The van der Waals surface area contributed by atoms with Crippen LogP contribution in [0.2, 0.25) is 0 Å². The van der Waals surface area contributed by atoms with Gasteiger partial charge in [-0.05, 0) is 25.5 Å². The van der Waals surface area contributed by atoms with Crippen molar-refractivity contribution in [2.75, 3.05) is 18.0 Å². The Morgan fingerprint density at radius 1 is 1.56 bits per heavy atom.